The van der Waals surface area contributed by atoms with Gasteiger partial charge in [-0.05, 0) is 48.7 Å². The van der Waals surface area contributed by atoms with Crippen LogP contribution in [0.1, 0.15) is 25.3 Å². The molecule has 22 heavy (non-hydrogen) atoms. The van der Waals surface area contributed by atoms with Crippen molar-refractivity contribution in [3.8, 4) is 11.3 Å². The van der Waals surface area contributed by atoms with Crippen LogP contribution in [-0.2, 0) is 6.42 Å². The van der Waals surface area contributed by atoms with Gasteiger partial charge in [0, 0.05) is 10.9 Å². The van der Waals surface area contributed by atoms with Crippen molar-refractivity contribution in [1.29, 1.82) is 0 Å². The molecule has 0 atom stereocenters. The summed E-state index contributed by atoms with van der Waals surface area (Å²) in [4.78, 5) is 4.70. The monoisotopic (exact) mass is 294 g/mol. The lowest BCUT2D eigenvalue weighted by atomic mass is 9.98. The molecule has 3 heteroatoms. The normalized spacial score (nSPS) is 11.0. The number of halogens is 1. The number of anilines is 1. The van der Waals surface area contributed by atoms with Gasteiger partial charge in [0.05, 0.1) is 16.9 Å². The summed E-state index contributed by atoms with van der Waals surface area (Å²) >= 11 is 0. The van der Waals surface area contributed by atoms with E-state index in [9.17, 15) is 4.39 Å². The Hall–Kier alpha value is -2.42. The Labute approximate surface area is 129 Å². The number of nitrogens with two attached hydrogens (primary N) is 1. The van der Waals surface area contributed by atoms with Crippen LogP contribution < -0.4 is 5.73 Å². The Morgan fingerprint density at radius 1 is 1.05 bits per heavy atom. The minimum Gasteiger partial charge on any atom is -0.397 e. The van der Waals surface area contributed by atoms with Gasteiger partial charge in [0.25, 0.3) is 0 Å². The number of hydrogen-bond donors (Lipinski definition) is 1. The summed E-state index contributed by atoms with van der Waals surface area (Å²) < 4.78 is 13.2. The molecule has 0 amide bonds. The fraction of sp³-hybridized carbons (Fsp3) is 0.211. The molecule has 2 nitrogen and oxygen atoms in total. The lowest BCUT2D eigenvalue weighted by Crippen LogP contribution is -2.02. The molecule has 0 saturated carbocycles. The van der Waals surface area contributed by atoms with Crippen LogP contribution >= 0.6 is 0 Å². The summed E-state index contributed by atoms with van der Waals surface area (Å²) in [5.41, 5.74) is 10.8. The van der Waals surface area contributed by atoms with Crippen LogP contribution in [0.3, 0.4) is 0 Å². The molecule has 112 valence electrons. The molecule has 2 aromatic carbocycles. The van der Waals surface area contributed by atoms with Gasteiger partial charge in [-0.15, -0.1) is 0 Å². The van der Waals surface area contributed by atoms with Crippen LogP contribution in [0.5, 0.6) is 0 Å². The molecule has 2 N–H and O–H groups in total. The highest BCUT2D eigenvalue weighted by molar-refractivity contribution is 5.92. The predicted octanol–water partition coefficient (Wildman–Crippen LogP) is 4.97. The molecule has 0 saturated heterocycles. The third kappa shape index (κ3) is 2.67. The molecule has 0 aliphatic rings. The summed E-state index contributed by atoms with van der Waals surface area (Å²) in [6.45, 7) is 2.17. The molecule has 1 heterocycles. The summed E-state index contributed by atoms with van der Waals surface area (Å²) in [7, 11) is 0. The molecule has 0 aliphatic heterocycles. The topological polar surface area (TPSA) is 38.9 Å². The number of rotatable bonds is 4. The van der Waals surface area contributed by atoms with Crippen LogP contribution in [0.4, 0.5) is 10.1 Å². The number of hydrogen-bond acceptors (Lipinski definition) is 2. The van der Waals surface area contributed by atoms with E-state index in [1.807, 2.05) is 18.2 Å². The molecule has 0 radical (unpaired) electrons. The molecule has 3 aromatic rings. The average molecular weight is 294 g/mol. The van der Waals surface area contributed by atoms with E-state index in [2.05, 4.69) is 13.0 Å². The molecule has 3 rings (SSSR count). The Morgan fingerprint density at radius 3 is 2.50 bits per heavy atom. The third-order valence-corrected chi connectivity index (χ3v) is 3.94. The highest BCUT2D eigenvalue weighted by Gasteiger charge is 2.13. The lowest BCUT2D eigenvalue weighted by Gasteiger charge is -2.14. The van der Waals surface area contributed by atoms with Crippen molar-refractivity contribution < 1.29 is 4.39 Å². The van der Waals surface area contributed by atoms with Gasteiger partial charge < -0.3 is 5.73 Å². The smallest absolute Gasteiger partial charge is 0.123 e. The number of nitrogen functional groups attached to an aromatic ring is 1. The quantitative estimate of drug-likeness (QED) is 0.738. The fourth-order valence-corrected chi connectivity index (χ4v) is 2.75. The van der Waals surface area contributed by atoms with E-state index in [-0.39, 0.29) is 5.82 Å². The molecule has 0 fully saturated rings. The second-order valence-corrected chi connectivity index (χ2v) is 5.48. The van der Waals surface area contributed by atoms with E-state index in [1.165, 1.54) is 12.1 Å². The van der Waals surface area contributed by atoms with E-state index in [0.29, 0.717) is 5.69 Å². The molecular weight excluding hydrogens is 275 g/mol. The number of benzene rings is 2. The van der Waals surface area contributed by atoms with Gasteiger partial charge >= 0.3 is 0 Å². The predicted molar refractivity (Wildman–Crippen MR) is 90.2 cm³/mol. The van der Waals surface area contributed by atoms with Crippen molar-refractivity contribution in [2.24, 2.45) is 0 Å². The summed E-state index contributed by atoms with van der Waals surface area (Å²) in [5.74, 6) is -0.255. The van der Waals surface area contributed by atoms with Gasteiger partial charge in [0.2, 0.25) is 0 Å². The zero-order valence-electron chi connectivity index (χ0n) is 12.6. The van der Waals surface area contributed by atoms with Crippen LogP contribution in [0.25, 0.3) is 22.2 Å². The van der Waals surface area contributed by atoms with Crippen LogP contribution in [0, 0.1) is 5.82 Å². The minimum absolute atomic E-state index is 0.255. The fourth-order valence-electron chi connectivity index (χ4n) is 2.75. The van der Waals surface area contributed by atoms with Crippen LogP contribution in [-0.4, -0.2) is 4.98 Å². The zero-order valence-corrected chi connectivity index (χ0v) is 12.6. The van der Waals surface area contributed by atoms with E-state index < -0.39 is 0 Å². The maximum Gasteiger partial charge on any atom is 0.123 e. The van der Waals surface area contributed by atoms with Crippen molar-refractivity contribution >= 4 is 16.6 Å². The second kappa shape index (κ2) is 6.14. The standard InChI is InChI=1S/C19H19FN2/c1-2-3-6-16-15-7-4-5-8-17(15)22-19(18(16)21)13-9-11-14(20)12-10-13/h4-5,7-12H,2-3,6,21H2,1H3. The van der Waals surface area contributed by atoms with E-state index in [1.54, 1.807) is 12.1 Å². The first-order valence-electron chi connectivity index (χ1n) is 7.63. The van der Waals surface area contributed by atoms with Crippen LogP contribution in [0.15, 0.2) is 48.5 Å². The maximum absolute atomic E-state index is 13.2. The summed E-state index contributed by atoms with van der Waals surface area (Å²) in [6.07, 6.45) is 3.13. The van der Waals surface area contributed by atoms with Gasteiger partial charge in [0.15, 0.2) is 0 Å². The number of aryl methyl sites for hydroxylation is 1. The first kappa shape index (κ1) is 14.5. The van der Waals surface area contributed by atoms with Crippen molar-refractivity contribution in [3.63, 3.8) is 0 Å². The van der Waals surface area contributed by atoms with Crippen molar-refractivity contribution in [3.05, 3.63) is 59.9 Å². The Balaban J connectivity index is 2.22. The Morgan fingerprint density at radius 2 is 1.77 bits per heavy atom. The van der Waals surface area contributed by atoms with E-state index >= 15 is 0 Å². The van der Waals surface area contributed by atoms with Gasteiger partial charge in [-0.2, -0.15) is 0 Å². The molecule has 0 unspecified atom stereocenters. The largest absolute Gasteiger partial charge is 0.397 e. The Kier molecular flexibility index (Phi) is 4.05. The van der Waals surface area contributed by atoms with Crippen molar-refractivity contribution in [1.82, 2.24) is 4.98 Å². The summed E-state index contributed by atoms with van der Waals surface area (Å²) in [6, 6.07) is 14.4. The average Bonchev–Trinajstić information content (AvgIpc) is 2.54. The van der Waals surface area contributed by atoms with Gasteiger partial charge in [0.1, 0.15) is 5.82 Å². The number of pyridine rings is 1. The Bertz CT molecular complexity index is 794. The molecular formula is C19H19FN2. The number of fused-ring (bicyclic) bond motifs is 1. The highest BCUT2D eigenvalue weighted by Crippen LogP contribution is 2.33. The van der Waals surface area contributed by atoms with Crippen LogP contribution in [0.2, 0.25) is 0 Å². The SMILES string of the molecule is CCCCc1c(N)c(-c2ccc(F)cc2)nc2ccccc12. The molecule has 0 bridgehead atoms. The maximum atomic E-state index is 13.2. The first-order chi connectivity index (χ1) is 10.7. The third-order valence-electron chi connectivity index (χ3n) is 3.94. The minimum atomic E-state index is -0.255. The van der Waals surface area contributed by atoms with Crippen molar-refractivity contribution in [2.75, 3.05) is 5.73 Å². The molecule has 0 aliphatic carbocycles. The van der Waals surface area contributed by atoms with Gasteiger partial charge in [-0.1, -0.05) is 31.5 Å². The number of unbranched alkanes of at least 4 members (excludes halogenated alkanes) is 1. The van der Waals surface area contributed by atoms with E-state index in [0.717, 1.165) is 47.0 Å². The lowest BCUT2D eigenvalue weighted by molar-refractivity contribution is 0.628. The number of aromatic nitrogens is 1. The van der Waals surface area contributed by atoms with Crippen molar-refractivity contribution in [2.45, 2.75) is 26.2 Å². The molecule has 0 spiro atoms. The molecule has 1 aromatic heterocycles. The highest BCUT2D eigenvalue weighted by atomic mass is 19.1. The van der Waals surface area contributed by atoms with Gasteiger partial charge in [-0.25, -0.2) is 9.37 Å². The first-order valence-corrected chi connectivity index (χ1v) is 7.63. The number of para-hydroxylation sites is 1. The zero-order chi connectivity index (χ0) is 15.5. The number of nitrogens with zero attached hydrogens (tertiary/aromatic N) is 1. The summed E-state index contributed by atoms with van der Waals surface area (Å²) in [5, 5.41) is 1.11. The second-order valence-electron chi connectivity index (χ2n) is 5.48. The van der Waals surface area contributed by atoms with Gasteiger partial charge in [-0.3, -0.25) is 0 Å². The van der Waals surface area contributed by atoms with E-state index in [4.69, 9.17) is 10.7 Å².